The molecule has 1 aromatic rings. The van der Waals surface area contributed by atoms with Gasteiger partial charge in [0, 0.05) is 25.6 Å². The van der Waals surface area contributed by atoms with E-state index in [1.165, 1.54) is 7.05 Å². The van der Waals surface area contributed by atoms with Gasteiger partial charge >= 0.3 is 0 Å². The van der Waals surface area contributed by atoms with Crippen LogP contribution in [0.5, 0.6) is 0 Å². The molecule has 0 aliphatic rings. The van der Waals surface area contributed by atoms with Gasteiger partial charge in [0.15, 0.2) is 0 Å². The Morgan fingerprint density at radius 3 is 2.22 bits per heavy atom. The maximum absolute atomic E-state index is 11.8. The number of nitrogens with one attached hydrogen (secondary N) is 2. The molecule has 0 unspecified atom stereocenters. The number of halogens is 2. The second-order valence-electron chi connectivity index (χ2n) is 5.09. The predicted molar refractivity (Wildman–Crippen MR) is 91.9 cm³/mol. The molecule has 0 spiro atoms. The number of carbonyl (C=O) groups is 3. The molecule has 23 heavy (non-hydrogen) atoms. The summed E-state index contributed by atoms with van der Waals surface area (Å²) < 4.78 is 0. The Morgan fingerprint density at radius 2 is 1.61 bits per heavy atom. The van der Waals surface area contributed by atoms with Gasteiger partial charge < -0.3 is 10.6 Å². The molecule has 7 heteroatoms. The van der Waals surface area contributed by atoms with E-state index in [0.29, 0.717) is 28.6 Å². The average molecular weight is 359 g/mol. The molecule has 0 saturated heterocycles. The highest BCUT2D eigenvalue weighted by Crippen LogP contribution is 2.25. The van der Waals surface area contributed by atoms with Gasteiger partial charge in [0.2, 0.25) is 11.7 Å². The summed E-state index contributed by atoms with van der Waals surface area (Å²) in [6.07, 6.45) is 3.65. The van der Waals surface area contributed by atoms with Crippen LogP contribution in [-0.4, -0.2) is 24.6 Å². The van der Waals surface area contributed by atoms with Crippen molar-refractivity contribution in [2.75, 3.05) is 12.4 Å². The van der Waals surface area contributed by atoms with Crippen LogP contribution in [0.3, 0.4) is 0 Å². The maximum Gasteiger partial charge on any atom is 0.287 e. The Morgan fingerprint density at radius 1 is 0.957 bits per heavy atom. The number of rotatable bonds is 9. The van der Waals surface area contributed by atoms with Gasteiger partial charge in [-0.2, -0.15) is 0 Å². The maximum atomic E-state index is 11.8. The number of likely N-dealkylation sites (N-methyl/N-ethyl adjacent to an activating group) is 1. The second kappa shape index (κ2) is 10.2. The third kappa shape index (κ3) is 7.48. The number of benzene rings is 1. The number of ketones is 1. The van der Waals surface area contributed by atoms with Crippen LogP contribution in [0.2, 0.25) is 10.0 Å². The first-order chi connectivity index (χ1) is 10.9. The van der Waals surface area contributed by atoms with Gasteiger partial charge in [-0.05, 0) is 31.0 Å². The van der Waals surface area contributed by atoms with Crippen molar-refractivity contribution >= 4 is 46.5 Å². The Hall–Kier alpha value is -1.59. The molecule has 0 atom stereocenters. The number of carbonyl (C=O) groups excluding carboxylic acids is 3. The number of hydrogen-bond acceptors (Lipinski definition) is 3. The molecule has 0 aliphatic carbocycles. The van der Waals surface area contributed by atoms with Crippen LogP contribution in [0.25, 0.3) is 0 Å². The summed E-state index contributed by atoms with van der Waals surface area (Å²) in [7, 11) is 1.44. The number of unbranched alkanes of at least 4 members (excludes halogenated alkanes) is 3. The molecule has 2 N–H and O–H groups in total. The standard InChI is InChI=1S/C16H20Cl2N2O3/c1-19-16(23)14(21)6-4-2-3-5-7-15(22)20-11-8-9-12(17)13(18)10-11/h8-10H,2-7H2,1H3,(H,19,23)(H,20,22). The summed E-state index contributed by atoms with van der Waals surface area (Å²) in [5.74, 6) is -1.04. The SMILES string of the molecule is CNC(=O)C(=O)CCCCCCC(=O)Nc1ccc(Cl)c(Cl)c1. The highest BCUT2D eigenvalue weighted by Gasteiger charge is 2.10. The first-order valence-corrected chi connectivity index (χ1v) is 8.19. The Kier molecular flexibility index (Phi) is 8.66. The fourth-order valence-corrected chi connectivity index (χ4v) is 2.27. The fourth-order valence-electron chi connectivity index (χ4n) is 1.97. The minimum atomic E-state index is -0.550. The number of Topliss-reactive ketones (excluding diaryl/α,β-unsaturated/α-hetero) is 1. The van der Waals surface area contributed by atoms with Crippen LogP contribution >= 0.6 is 23.2 Å². The molecule has 126 valence electrons. The second-order valence-corrected chi connectivity index (χ2v) is 5.91. The van der Waals surface area contributed by atoms with Crippen molar-refractivity contribution in [2.45, 2.75) is 38.5 Å². The average Bonchev–Trinajstić information content (AvgIpc) is 2.53. The van der Waals surface area contributed by atoms with Gasteiger partial charge in [-0.1, -0.05) is 36.0 Å². The summed E-state index contributed by atoms with van der Waals surface area (Å²) in [6, 6.07) is 4.92. The molecule has 0 fully saturated rings. The van der Waals surface area contributed by atoms with Crippen molar-refractivity contribution in [3.8, 4) is 0 Å². The Balaban J connectivity index is 2.16. The highest BCUT2D eigenvalue weighted by atomic mass is 35.5. The predicted octanol–water partition coefficient (Wildman–Crippen LogP) is 3.59. The van der Waals surface area contributed by atoms with E-state index in [4.69, 9.17) is 23.2 Å². The lowest BCUT2D eigenvalue weighted by atomic mass is 10.1. The third-order valence-electron chi connectivity index (χ3n) is 3.24. The van der Waals surface area contributed by atoms with Gasteiger partial charge in [0.25, 0.3) is 5.91 Å². The van der Waals surface area contributed by atoms with Crippen molar-refractivity contribution in [1.29, 1.82) is 0 Å². The molecular formula is C16H20Cl2N2O3. The van der Waals surface area contributed by atoms with E-state index in [0.717, 1.165) is 19.3 Å². The largest absolute Gasteiger partial charge is 0.353 e. The summed E-state index contributed by atoms with van der Waals surface area (Å²) in [5.41, 5.74) is 0.612. The molecule has 0 aliphatic heterocycles. The fraction of sp³-hybridized carbons (Fsp3) is 0.438. The molecule has 0 radical (unpaired) electrons. The topological polar surface area (TPSA) is 75.3 Å². The zero-order valence-electron chi connectivity index (χ0n) is 13.0. The van der Waals surface area contributed by atoms with Gasteiger partial charge in [-0.15, -0.1) is 0 Å². The molecule has 0 saturated carbocycles. The third-order valence-corrected chi connectivity index (χ3v) is 3.98. The molecule has 1 aromatic carbocycles. The minimum Gasteiger partial charge on any atom is -0.353 e. The number of anilines is 1. The van der Waals surface area contributed by atoms with E-state index < -0.39 is 11.7 Å². The first kappa shape index (κ1) is 19.5. The number of hydrogen-bond donors (Lipinski definition) is 2. The molecular weight excluding hydrogens is 339 g/mol. The summed E-state index contributed by atoms with van der Waals surface area (Å²) >= 11 is 11.7. The summed E-state index contributed by atoms with van der Waals surface area (Å²) in [5, 5.41) is 5.89. The lowest BCUT2D eigenvalue weighted by molar-refractivity contribution is -0.137. The zero-order valence-corrected chi connectivity index (χ0v) is 14.5. The Labute approximate surface area is 145 Å². The summed E-state index contributed by atoms with van der Waals surface area (Å²) in [4.78, 5) is 34.1. The smallest absolute Gasteiger partial charge is 0.287 e. The van der Waals surface area contributed by atoms with Crippen LogP contribution in [0, 0.1) is 0 Å². The lowest BCUT2D eigenvalue weighted by Crippen LogP contribution is -2.27. The van der Waals surface area contributed by atoms with Crippen LogP contribution < -0.4 is 10.6 Å². The van der Waals surface area contributed by atoms with Crippen LogP contribution in [-0.2, 0) is 14.4 Å². The molecule has 0 bridgehead atoms. The van der Waals surface area contributed by atoms with E-state index in [2.05, 4.69) is 10.6 Å². The van der Waals surface area contributed by atoms with E-state index >= 15 is 0 Å². The van der Waals surface area contributed by atoms with Gasteiger partial charge in [-0.3, -0.25) is 14.4 Å². The van der Waals surface area contributed by atoms with E-state index in [1.807, 2.05) is 0 Å². The molecule has 2 amide bonds. The number of amides is 2. The van der Waals surface area contributed by atoms with Crippen LogP contribution in [0.15, 0.2) is 18.2 Å². The van der Waals surface area contributed by atoms with Gasteiger partial charge in [0.05, 0.1) is 10.0 Å². The van der Waals surface area contributed by atoms with Gasteiger partial charge in [-0.25, -0.2) is 0 Å². The van der Waals surface area contributed by atoms with Crippen LogP contribution in [0.4, 0.5) is 5.69 Å². The minimum absolute atomic E-state index is 0.0928. The van der Waals surface area contributed by atoms with Gasteiger partial charge in [0.1, 0.15) is 0 Å². The van der Waals surface area contributed by atoms with Crippen LogP contribution in [0.1, 0.15) is 38.5 Å². The van der Waals surface area contributed by atoms with E-state index in [1.54, 1.807) is 18.2 Å². The quantitative estimate of drug-likeness (QED) is 0.523. The molecule has 0 aromatic heterocycles. The Bertz CT molecular complexity index is 576. The molecule has 5 nitrogen and oxygen atoms in total. The normalized spacial score (nSPS) is 10.2. The van der Waals surface area contributed by atoms with Crippen molar-refractivity contribution in [3.63, 3.8) is 0 Å². The van der Waals surface area contributed by atoms with Crippen molar-refractivity contribution in [2.24, 2.45) is 0 Å². The van der Waals surface area contributed by atoms with E-state index in [-0.39, 0.29) is 12.3 Å². The summed E-state index contributed by atoms with van der Waals surface area (Å²) in [6.45, 7) is 0. The lowest BCUT2D eigenvalue weighted by Gasteiger charge is -2.06. The molecule has 0 heterocycles. The monoisotopic (exact) mass is 358 g/mol. The van der Waals surface area contributed by atoms with Crippen molar-refractivity contribution in [3.05, 3.63) is 28.2 Å². The zero-order chi connectivity index (χ0) is 17.2. The van der Waals surface area contributed by atoms with Crippen molar-refractivity contribution < 1.29 is 14.4 Å². The molecule has 1 rings (SSSR count). The van der Waals surface area contributed by atoms with E-state index in [9.17, 15) is 14.4 Å². The first-order valence-electron chi connectivity index (χ1n) is 7.44. The van der Waals surface area contributed by atoms with Crippen molar-refractivity contribution in [1.82, 2.24) is 5.32 Å². The highest BCUT2D eigenvalue weighted by molar-refractivity contribution is 6.42.